The highest BCUT2D eigenvalue weighted by Crippen LogP contribution is 2.28. The first-order chi connectivity index (χ1) is 9.94. The van der Waals surface area contributed by atoms with Crippen LogP contribution < -0.4 is 10.5 Å². The van der Waals surface area contributed by atoms with E-state index in [1.165, 1.54) is 23.0 Å². The minimum Gasteiger partial charge on any atom is -0.326 e. The van der Waals surface area contributed by atoms with Crippen LogP contribution in [0.4, 0.5) is 0 Å². The van der Waals surface area contributed by atoms with Crippen molar-refractivity contribution in [3.8, 4) is 0 Å². The molecule has 0 saturated carbocycles. The van der Waals surface area contributed by atoms with Gasteiger partial charge in [-0.1, -0.05) is 28.4 Å². The maximum atomic E-state index is 12.2. The van der Waals surface area contributed by atoms with Gasteiger partial charge in [0.1, 0.15) is 4.90 Å². The number of halogens is 2. The third kappa shape index (κ3) is 3.92. The Morgan fingerprint density at radius 1 is 1.29 bits per heavy atom. The largest absolute Gasteiger partial charge is 0.326 e. The summed E-state index contributed by atoms with van der Waals surface area (Å²) in [5.41, 5.74) is 6.03. The van der Waals surface area contributed by atoms with Crippen LogP contribution in [0.5, 0.6) is 0 Å². The molecule has 0 bridgehead atoms. The van der Waals surface area contributed by atoms with E-state index in [1.807, 2.05) is 0 Å². The molecule has 21 heavy (non-hydrogen) atoms. The average Bonchev–Trinajstić information content (AvgIpc) is 2.91. The molecule has 0 fully saturated rings. The van der Waals surface area contributed by atoms with Gasteiger partial charge in [0.15, 0.2) is 0 Å². The molecule has 0 saturated heterocycles. The Morgan fingerprint density at radius 2 is 2.05 bits per heavy atom. The van der Waals surface area contributed by atoms with Crippen molar-refractivity contribution in [2.45, 2.75) is 18.0 Å². The summed E-state index contributed by atoms with van der Waals surface area (Å²) in [7, 11) is -3.75. The van der Waals surface area contributed by atoms with Gasteiger partial charge in [0.05, 0.1) is 17.8 Å². The Bertz CT molecular complexity index is 718. The summed E-state index contributed by atoms with van der Waals surface area (Å²) in [6, 6.07) is 2.75. The molecule has 2 aromatic rings. The fourth-order valence-electron chi connectivity index (χ4n) is 1.66. The second-order valence-electron chi connectivity index (χ2n) is 4.14. The summed E-state index contributed by atoms with van der Waals surface area (Å²) in [5, 5.41) is 7.75. The first-order valence-electron chi connectivity index (χ1n) is 5.96. The van der Waals surface area contributed by atoms with Crippen molar-refractivity contribution in [3.63, 3.8) is 0 Å². The van der Waals surface area contributed by atoms with Crippen molar-refractivity contribution in [3.05, 3.63) is 40.1 Å². The molecule has 10 heteroatoms. The number of aromatic nitrogens is 3. The molecule has 114 valence electrons. The lowest BCUT2D eigenvalue weighted by Crippen LogP contribution is -2.28. The van der Waals surface area contributed by atoms with Crippen LogP contribution in [0.2, 0.25) is 10.0 Å². The quantitative estimate of drug-likeness (QED) is 0.810. The molecule has 1 aromatic carbocycles. The number of nitrogens with two attached hydrogens (primary N) is 1. The van der Waals surface area contributed by atoms with Crippen molar-refractivity contribution >= 4 is 33.2 Å². The van der Waals surface area contributed by atoms with Gasteiger partial charge in [0, 0.05) is 24.3 Å². The van der Waals surface area contributed by atoms with Crippen LogP contribution in [0, 0.1) is 0 Å². The number of rotatable bonds is 6. The SMILES string of the molecule is NCc1cc(S(=O)(=O)NCCn2ccnn2)c(Cl)cc1Cl. The summed E-state index contributed by atoms with van der Waals surface area (Å²) in [5.74, 6) is 0. The maximum absolute atomic E-state index is 12.2. The van der Waals surface area contributed by atoms with E-state index in [2.05, 4.69) is 15.0 Å². The average molecular weight is 350 g/mol. The van der Waals surface area contributed by atoms with Crippen LogP contribution in [0.25, 0.3) is 0 Å². The molecule has 0 radical (unpaired) electrons. The lowest BCUT2D eigenvalue weighted by molar-refractivity contribution is 0.553. The van der Waals surface area contributed by atoms with Gasteiger partial charge in [-0.3, -0.25) is 4.68 Å². The Kier molecular flexibility index (Phi) is 5.17. The van der Waals surface area contributed by atoms with Crippen LogP contribution in [0.3, 0.4) is 0 Å². The molecule has 0 spiro atoms. The molecular weight excluding hydrogens is 337 g/mol. The van der Waals surface area contributed by atoms with Crippen LogP contribution in [-0.4, -0.2) is 30.0 Å². The highest BCUT2D eigenvalue weighted by molar-refractivity contribution is 7.89. The van der Waals surface area contributed by atoms with Crippen molar-refractivity contribution in [1.82, 2.24) is 19.7 Å². The lowest BCUT2D eigenvalue weighted by atomic mass is 10.2. The van der Waals surface area contributed by atoms with Gasteiger partial charge in [-0.25, -0.2) is 13.1 Å². The highest BCUT2D eigenvalue weighted by atomic mass is 35.5. The molecule has 2 rings (SSSR count). The minimum atomic E-state index is -3.75. The van der Waals surface area contributed by atoms with Gasteiger partial charge >= 0.3 is 0 Å². The standard InChI is InChI=1S/C11H13Cl2N5O2S/c12-9-6-10(13)11(5-8(9)7-14)21(19,20)16-2-4-18-3-1-15-17-18/h1,3,5-6,16H,2,4,7,14H2. The van der Waals surface area contributed by atoms with Crippen LogP contribution in [0.15, 0.2) is 29.4 Å². The summed E-state index contributed by atoms with van der Waals surface area (Å²) in [4.78, 5) is -0.0485. The summed E-state index contributed by atoms with van der Waals surface area (Å²) < 4.78 is 28.4. The molecular formula is C11H13Cl2N5O2S. The van der Waals surface area contributed by atoms with E-state index in [0.717, 1.165) is 0 Å². The molecule has 3 N–H and O–H groups in total. The maximum Gasteiger partial charge on any atom is 0.242 e. The van der Waals surface area contributed by atoms with Gasteiger partial charge < -0.3 is 5.73 Å². The highest BCUT2D eigenvalue weighted by Gasteiger charge is 2.19. The van der Waals surface area contributed by atoms with Crippen molar-refractivity contribution in [1.29, 1.82) is 0 Å². The Hall–Kier alpha value is -1.19. The van der Waals surface area contributed by atoms with E-state index >= 15 is 0 Å². The second kappa shape index (κ2) is 6.71. The molecule has 0 unspecified atom stereocenters. The molecule has 1 aromatic heterocycles. The number of nitrogens with one attached hydrogen (secondary N) is 1. The topological polar surface area (TPSA) is 103 Å². The van der Waals surface area contributed by atoms with E-state index in [9.17, 15) is 8.42 Å². The lowest BCUT2D eigenvalue weighted by Gasteiger charge is -2.11. The van der Waals surface area contributed by atoms with Crippen LogP contribution >= 0.6 is 23.2 Å². The molecule has 0 aliphatic heterocycles. The molecule has 0 atom stereocenters. The minimum absolute atomic E-state index is 0.0467. The monoisotopic (exact) mass is 349 g/mol. The number of hydrogen-bond acceptors (Lipinski definition) is 5. The molecule has 0 amide bonds. The van der Waals surface area contributed by atoms with E-state index in [4.69, 9.17) is 28.9 Å². The number of hydrogen-bond donors (Lipinski definition) is 2. The molecule has 7 nitrogen and oxygen atoms in total. The van der Waals surface area contributed by atoms with Gasteiger partial charge in [0.25, 0.3) is 0 Å². The number of sulfonamides is 1. The van der Waals surface area contributed by atoms with E-state index < -0.39 is 10.0 Å². The van der Waals surface area contributed by atoms with E-state index in [-0.39, 0.29) is 23.0 Å². The number of nitrogens with zero attached hydrogens (tertiary/aromatic N) is 3. The zero-order valence-electron chi connectivity index (χ0n) is 10.8. The normalized spacial score (nSPS) is 11.8. The fourth-order valence-corrected chi connectivity index (χ4v) is 3.55. The summed E-state index contributed by atoms with van der Waals surface area (Å²) in [6.45, 7) is 0.633. The first-order valence-corrected chi connectivity index (χ1v) is 8.19. The van der Waals surface area contributed by atoms with Gasteiger partial charge in [-0.15, -0.1) is 5.10 Å². The van der Waals surface area contributed by atoms with Gasteiger partial charge in [-0.2, -0.15) is 0 Å². The van der Waals surface area contributed by atoms with Crippen molar-refractivity contribution < 1.29 is 8.42 Å². The first kappa shape index (κ1) is 16.2. The smallest absolute Gasteiger partial charge is 0.242 e. The third-order valence-corrected chi connectivity index (χ3v) is 4.99. The predicted octanol–water partition coefficient (Wildman–Crippen LogP) is 1.02. The summed E-state index contributed by atoms with van der Waals surface area (Å²) in [6.07, 6.45) is 3.15. The zero-order chi connectivity index (χ0) is 15.5. The van der Waals surface area contributed by atoms with Gasteiger partial charge in [0.2, 0.25) is 10.0 Å². The van der Waals surface area contributed by atoms with Crippen LogP contribution in [0.1, 0.15) is 5.56 Å². The Balaban J connectivity index is 2.15. The fraction of sp³-hybridized carbons (Fsp3) is 0.273. The van der Waals surface area contributed by atoms with E-state index in [0.29, 0.717) is 17.1 Å². The second-order valence-corrected chi connectivity index (χ2v) is 6.69. The third-order valence-electron chi connectivity index (χ3n) is 2.72. The van der Waals surface area contributed by atoms with Gasteiger partial charge in [-0.05, 0) is 17.7 Å². The Morgan fingerprint density at radius 3 is 2.67 bits per heavy atom. The predicted molar refractivity (Wildman–Crippen MR) is 79.6 cm³/mol. The molecule has 0 aliphatic rings. The number of benzene rings is 1. The zero-order valence-corrected chi connectivity index (χ0v) is 13.2. The van der Waals surface area contributed by atoms with Crippen molar-refractivity contribution in [2.75, 3.05) is 6.54 Å². The van der Waals surface area contributed by atoms with Crippen LogP contribution in [-0.2, 0) is 23.1 Å². The molecule has 0 aliphatic carbocycles. The van der Waals surface area contributed by atoms with Crippen molar-refractivity contribution in [2.24, 2.45) is 5.73 Å². The van der Waals surface area contributed by atoms with E-state index in [1.54, 1.807) is 6.20 Å². The molecule has 1 heterocycles. The Labute approximate surface area is 132 Å². The summed E-state index contributed by atoms with van der Waals surface area (Å²) >= 11 is 11.9.